The van der Waals surface area contributed by atoms with E-state index < -0.39 is 5.41 Å². The fraction of sp³-hybridized carbons (Fsp3) is 0.344. The monoisotopic (exact) mass is 515 g/mol. The average molecular weight is 516 g/mol. The Balaban J connectivity index is 1.65. The number of benzene rings is 3. The van der Waals surface area contributed by atoms with E-state index in [1.807, 2.05) is 101 Å². The first kappa shape index (κ1) is 27.3. The molecule has 1 aliphatic heterocycles. The summed E-state index contributed by atoms with van der Waals surface area (Å²) in [6, 6.07) is 24.3. The molecule has 0 amide bonds. The number of carbonyl (C=O) groups is 1. The molecule has 200 valence electrons. The van der Waals surface area contributed by atoms with Crippen molar-refractivity contribution in [2.45, 2.75) is 40.3 Å². The van der Waals surface area contributed by atoms with Crippen LogP contribution in [0.5, 0.6) is 17.2 Å². The highest BCUT2D eigenvalue weighted by atomic mass is 16.7. The number of rotatable bonds is 8. The van der Waals surface area contributed by atoms with Crippen LogP contribution in [0, 0.1) is 5.41 Å². The van der Waals surface area contributed by atoms with Crippen molar-refractivity contribution in [1.29, 1.82) is 0 Å². The van der Waals surface area contributed by atoms with Crippen molar-refractivity contribution >= 4 is 17.1 Å². The molecular formula is C32H37NO5. The van der Waals surface area contributed by atoms with Crippen LogP contribution in [0.15, 0.2) is 72.8 Å². The number of hydrogen-bond donors (Lipinski definition) is 0. The van der Waals surface area contributed by atoms with Gasteiger partial charge in [-0.2, -0.15) is 0 Å². The molecule has 4 rings (SSSR count). The molecule has 6 nitrogen and oxygen atoms in total. The summed E-state index contributed by atoms with van der Waals surface area (Å²) in [5.74, 6) is 2.05. The smallest absolute Gasteiger partial charge is 0.314 e. The summed E-state index contributed by atoms with van der Waals surface area (Å²) in [4.78, 5) is 14.0. The third-order valence-electron chi connectivity index (χ3n) is 6.47. The Bertz CT molecular complexity index is 1270. The van der Waals surface area contributed by atoms with Gasteiger partial charge in [-0.15, -0.1) is 0 Å². The highest BCUT2D eigenvalue weighted by Gasteiger charge is 2.23. The van der Waals surface area contributed by atoms with E-state index >= 15 is 0 Å². The van der Waals surface area contributed by atoms with Gasteiger partial charge in [0.2, 0.25) is 6.79 Å². The molecular weight excluding hydrogens is 478 g/mol. The topological polar surface area (TPSA) is 57.2 Å². The fourth-order valence-corrected chi connectivity index (χ4v) is 4.10. The van der Waals surface area contributed by atoms with Crippen molar-refractivity contribution in [2.24, 2.45) is 5.41 Å². The molecule has 0 aromatic heterocycles. The minimum Gasteiger partial charge on any atom is -0.493 e. The second-order valence-electron chi connectivity index (χ2n) is 10.6. The first-order chi connectivity index (χ1) is 18.1. The summed E-state index contributed by atoms with van der Waals surface area (Å²) in [7, 11) is 3.98. The quantitative estimate of drug-likeness (QED) is 0.248. The van der Waals surface area contributed by atoms with Crippen LogP contribution in [0.4, 0.5) is 0 Å². The molecule has 1 atom stereocenters. The first-order valence-electron chi connectivity index (χ1n) is 12.9. The van der Waals surface area contributed by atoms with Crippen LogP contribution in [0.3, 0.4) is 0 Å². The molecule has 3 aromatic rings. The lowest BCUT2D eigenvalue weighted by Crippen LogP contribution is -2.30. The molecule has 1 heterocycles. The third-order valence-corrected chi connectivity index (χ3v) is 6.47. The van der Waals surface area contributed by atoms with Gasteiger partial charge in [0, 0.05) is 12.0 Å². The van der Waals surface area contributed by atoms with Gasteiger partial charge >= 0.3 is 5.97 Å². The van der Waals surface area contributed by atoms with E-state index in [1.165, 1.54) is 5.57 Å². The average Bonchev–Trinajstić information content (AvgIpc) is 2.90. The number of esters is 1. The second kappa shape index (κ2) is 11.7. The molecule has 6 heteroatoms. The maximum atomic E-state index is 12.0. The summed E-state index contributed by atoms with van der Waals surface area (Å²) in [5, 5.41) is 0. The van der Waals surface area contributed by atoms with E-state index in [9.17, 15) is 4.79 Å². The number of para-hydroxylation sites is 1. The van der Waals surface area contributed by atoms with Gasteiger partial charge < -0.3 is 18.9 Å². The van der Waals surface area contributed by atoms with Crippen LogP contribution in [0.2, 0.25) is 0 Å². The standard InChI is InChI=1S/C32H37NO5/c1-22(33(5)6)38-26-17-13-24(14-18-26)30(28-19-20-35-29-10-8-7-9-27(28)29)23-11-15-25(16-12-23)36-21-37-31(34)32(2,3)4/h7-18,22H,19-21H2,1-6H3. The van der Waals surface area contributed by atoms with Gasteiger partial charge in [0.1, 0.15) is 23.5 Å². The van der Waals surface area contributed by atoms with Crippen LogP contribution in [0.1, 0.15) is 50.8 Å². The maximum Gasteiger partial charge on any atom is 0.314 e. The Kier molecular flexibility index (Phi) is 8.42. The third kappa shape index (κ3) is 6.56. The Labute approximate surface area is 225 Å². The Morgan fingerprint density at radius 1 is 0.921 bits per heavy atom. The molecule has 0 saturated carbocycles. The highest BCUT2D eigenvalue weighted by Crippen LogP contribution is 2.41. The molecule has 0 spiro atoms. The number of ether oxygens (including phenoxy) is 4. The minimum absolute atomic E-state index is 0.0312. The van der Waals surface area contributed by atoms with Gasteiger partial charge in [0.25, 0.3) is 0 Å². The van der Waals surface area contributed by atoms with E-state index in [-0.39, 0.29) is 19.0 Å². The summed E-state index contributed by atoms with van der Waals surface area (Å²) >= 11 is 0. The van der Waals surface area contributed by atoms with E-state index in [4.69, 9.17) is 18.9 Å². The zero-order chi connectivity index (χ0) is 27.3. The van der Waals surface area contributed by atoms with Crippen molar-refractivity contribution in [3.63, 3.8) is 0 Å². The first-order valence-corrected chi connectivity index (χ1v) is 12.9. The SMILES string of the molecule is CC(Oc1ccc(C(=C2CCOc3ccccc32)c2ccc(OCOC(=O)C(C)(C)C)cc2)cc1)N(C)C. The van der Waals surface area contributed by atoms with E-state index in [2.05, 4.69) is 18.2 Å². The van der Waals surface area contributed by atoms with E-state index in [0.29, 0.717) is 12.4 Å². The van der Waals surface area contributed by atoms with Crippen LogP contribution in [-0.2, 0) is 9.53 Å². The van der Waals surface area contributed by atoms with Crippen molar-refractivity contribution in [3.05, 3.63) is 89.5 Å². The van der Waals surface area contributed by atoms with Gasteiger partial charge in [0.15, 0.2) is 0 Å². The maximum absolute atomic E-state index is 12.0. The lowest BCUT2D eigenvalue weighted by Gasteiger charge is -2.24. The lowest BCUT2D eigenvalue weighted by atomic mass is 9.87. The summed E-state index contributed by atoms with van der Waals surface area (Å²) in [6.07, 6.45) is 0.764. The predicted molar refractivity (Wildman–Crippen MR) is 150 cm³/mol. The van der Waals surface area contributed by atoms with E-state index in [0.717, 1.165) is 40.2 Å². The predicted octanol–water partition coefficient (Wildman–Crippen LogP) is 6.64. The zero-order valence-corrected chi connectivity index (χ0v) is 23.1. The lowest BCUT2D eigenvalue weighted by molar-refractivity contribution is -0.159. The fourth-order valence-electron chi connectivity index (χ4n) is 4.10. The molecule has 3 aromatic carbocycles. The van der Waals surface area contributed by atoms with E-state index in [1.54, 1.807) is 0 Å². The van der Waals surface area contributed by atoms with Crippen LogP contribution in [-0.4, -0.2) is 44.6 Å². The molecule has 0 fully saturated rings. The second-order valence-corrected chi connectivity index (χ2v) is 10.6. The van der Waals surface area contributed by atoms with Crippen molar-refractivity contribution in [1.82, 2.24) is 4.90 Å². The van der Waals surface area contributed by atoms with Crippen LogP contribution in [0.25, 0.3) is 11.1 Å². The number of nitrogens with zero attached hydrogens (tertiary/aromatic N) is 1. The van der Waals surface area contributed by atoms with Gasteiger partial charge in [-0.05, 0) is 94.4 Å². The molecule has 38 heavy (non-hydrogen) atoms. The molecule has 0 N–H and O–H groups in total. The van der Waals surface area contributed by atoms with Gasteiger partial charge in [-0.3, -0.25) is 9.69 Å². The Hall–Kier alpha value is -3.77. The highest BCUT2D eigenvalue weighted by molar-refractivity contribution is 6.00. The van der Waals surface area contributed by atoms with Gasteiger partial charge in [-0.1, -0.05) is 42.5 Å². The summed E-state index contributed by atoms with van der Waals surface area (Å²) in [6.45, 7) is 7.96. The van der Waals surface area contributed by atoms with Crippen molar-refractivity contribution < 1.29 is 23.7 Å². The summed E-state index contributed by atoms with van der Waals surface area (Å²) < 4.78 is 22.9. The molecule has 0 aliphatic carbocycles. The van der Waals surface area contributed by atoms with Crippen LogP contribution < -0.4 is 14.2 Å². The molecule has 0 saturated heterocycles. The van der Waals surface area contributed by atoms with Crippen molar-refractivity contribution in [2.75, 3.05) is 27.5 Å². The molecule has 1 unspecified atom stereocenters. The minimum atomic E-state index is -0.570. The van der Waals surface area contributed by atoms with Gasteiger partial charge in [-0.25, -0.2) is 0 Å². The zero-order valence-electron chi connectivity index (χ0n) is 23.1. The number of hydrogen-bond acceptors (Lipinski definition) is 6. The van der Waals surface area contributed by atoms with Crippen LogP contribution >= 0.6 is 0 Å². The number of carbonyl (C=O) groups excluding carboxylic acids is 1. The largest absolute Gasteiger partial charge is 0.493 e. The molecule has 1 aliphatic rings. The normalized spacial score (nSPS) is 15.2. The van der Waals surface area contributed by atoms with Crippen molar-refractivity contribution in [3.8, 4) is 17.2 Å². The Morgan fingerprint density at radius 2 is 1.53 bits per heavy atom. The number of fused-ring (bicyclic) bond motifs is 1. The Morgan fingerprint density at radius 3 is 2.13 bits per heavy atom. The van der Waals surface area contributed by atoms with Gasteiger partial charge in [0.05, 0.1) is 12.0 Å². The summed E-state index contributed by atoms with van der Waals surface area (Å²) in [5.41, 5.74) is 5.05. The molecule has 0 radical (unpaired) electrons. The molecule has 0 bridgehead atoms.